The quantitative estimate of drug-likeness (QED) is 0.850. The van der Waals surface area contributed by atoms with E-state index in [0.717, 1.165) is 36.6 Å². The number of hydrogen-bond acceptors (Lipinski definition) is 4. The van der Waals surface area contributed by atoms with Gasteiger partial charge < -0.3 is 10.1 Å². The van der Waals surface area contributed by atoms with Gasteiger partial charge in [-0.1, -0.05) is 19.1 Å². The first-order chi connectivity index (χ1) is 10.2. The predicted molar refractivity (Wildman–Crippen MR) is 83.5 cm³/mol. The summed E-state index contributed by atoms with van der Waals surface area (Å²) >= 11 is 0. The maximum absolute atomic E-state index is 5.43. The van der Waals surface area contributed by atoms with E-state index in [-0.39, 0.29) is 6.04 Å². The minimum absolute atomic E-state index is 0.207. The van der Waals surface area contributed by atoms with Crippen LogP contribution < -0.4 is 10.1 Å². The van der Waals surface area contributed by atoms with Crippen molar-refractivity contribution in [1.29, 1.82) is 0 Å². The Kier molecular flexibility index (Phi) is 5.33. The Morgan fingerprint density at radius 1 is 1.33 bits per heavy atom. The first-order valence-electron chi connectivity index (χ1n) is 7.44. The second kappa shape index (κ2) is 7.22. The van der Waals surface area contributed by atoms with Crippen molar-refractivity contribution in [2.45, 2.75) is 39.8 Å². The van der Waals surface area contributed by atoms with Gasteiger partial charge in [0.05, 0.1) is 7.11 Å². The van der Waals surface area contributed by atoms with Crippen LogP contribution >= 0.6 is 0 Å². The lowest BCUT2D eigenvalue weighted by atomic mass is 10.0. The second-order valence-corrected chi connectivity index (χ2v) is 5.04. The van der Waals surface area contributed by atoms with E-state index in [9.17, 15) is 0 Å². The van der Waals surface area contributed by atoms with Crippen molar-refractivity contribution in [1.82, 2.24) is 20.1 Å². The van der Waals surface area contributed by atoms with Crippen LogP contribution in [0.2, 0.25) is 0 Å². The molecule has 1 aromatic heterocycles. The molecule has 0 saturated heterocycles. The Bertz CT molecular complexity index is 579. The number of nitrogens with zero attached hydrogens (tertiary/aromatic N) is 3. The molecule has 0 aliphatic rings. The van der Waals surface area contributed by atoms with Crippen molar-refractivity contribution in [3.05, 3.63) is 41.5 Å². The third-order valence-corrected chi connectivity index (χ3v) is 3.67. The molecule has 1 heterocycles. The van der Waals surface area contributed by atoms with Gasteiger partial charge in [0.2, 0.25) is 0 Å². The third kappa shape index (κ3) is 3.61. The monoisotopic (exact) mass is 288 g/mol. The Labute approximate surface area is 126 Å². The standard InChI is InChI=1S/C16H24N4O/c1-5-17-14(10-16-18-11-19-20(16)6-2)13-8-7-12(3)15(9-13)21-4/h7-9,11,14,17H,5-6,10H2,1-4H3. The third-order valence-electron chi connectivity index (χ3n) is 3.67. The molecule has 21 heavy (non-hydrogen) atoms. The molecule has 1 unspecified atom stereocenters. The summed E-state index contributed by atoms with van der Waals surface area (Å²) in [6.07, 6.45) is 2.44. The van der Waals surface area contributed by atoms with Gasteiger partial charge in [-0.3, -0.25) is 4.68 Å². The van der Waals surface area contributed by atoms with Crippen LogP contribution in [0.4, 0.5) is 0 Å². The largest absolute Gasteiger partial charge is 0.496 e. The number of methoxy groups -OCH3 is 1. The van der Waals surface area contributed by atoms with Gasteiger partial charge in [-0.25, -0.2) is 4.98 Å². The van der Waals surface area contributed by atoms with E-state index in [1.165, 1.54) is 5.56 Å². The zero-order valence-electron chi connectivity index (χ0n) is 13.3. The molecule has 2 aromatic rings. The molecule has 0 bridgehead atoms. The zero-order valence-corrected chi connectivity index (χ0v) is 13.3. The van der Waals surface area contributed by atoms with Gasteiger partial charge >= 0.3 is 0 Å². The maximum atomic E-state index is 5.43. The summed E-state index contributed by atoms with van der Waals surface area (Å²) in [7, 11) is 1.71. The van der Waals surface area contributed by atoms with E-state index in [2.05, 4.69) is 54.4 Å². The number of likely N-dealkylation sites (N-methyl/N-ethyl adjacent to an activating group) is 1. The molecule has 0 radical (unpaired) electrons. The van der Waals surface area contributed by atoms with Crippen molar-refractivity contribution < 1.29 is 4.74 Å². The van der Waals surface area contributed by atoms with Gasteiger partial charge in [0.1, 0.15) is 17.9 Å². The van der Waals surface area contributed by atoms with E-state index in [1.54, 1.807) is 13.4 Å². The molecule has 0 amide bonds. The summed E-state index contributed by atoms with van der Waals surface area (Å²) in [5.74, 6) is 1.93. The fourth-order valence-electron chi connectivity index (χ4n) is 2.50. The van der Waals surface area contributed by atoms with Crippen LogP contribution in [0, 0.1) is 6.92 Å². The summed E-state index contributed by atoms with van der Waals surface area (Å²) in [5, 5.41) is 7.77. The van der Waals surface area contributed by atoms with Gasteiger partial charge in [0.15, 0.2) is 0 Å². The molecular weight excluding hydrogens is 264 g/mol. The van der Waals surface area contributed by atoms with Crippen LogP contribution in [-0.4, -0.2) is 28.4 Å². The Balaban J connectivity index is 2.26. The summed E-state index contributed by atoms with van der Waals surface area (Å²) in [4.78, 5) is 4.38. The average Bonchev–Trinajstić information content (AvgIpc) is 2.94. The van der Waals surface area contributed by atoms with E-state index in [0.29, 0.717) is 0 Å². The van der Waals surface area contributed by atoms with Crippen LogP contribution in [-0.2, 0) is 13.0 Å². The summed E-state index contributed by atoms with van der Waals surface area (Å²) < 4.78 is 7.37. The zero-order chi connectivity index (χ0) is 15.2. The van der Waals surface area contributed by atoms with Crippen molar-refractivity contribution in [2.24, 2.45) is 0 Å². The topological polar surface area (TPSA) is 52.0 Å². The van der Waals surface area contributed by atoms with Crippen LogP contribution in [0.15, 0.2) is 24.5 Å². The minimum Gasteiger partial charge on any atom is -0.496 e. The molecule has 1 aromatic carbocycles. The smallest absolute Gasteiger partial charge is 0.138 e. The van der Waals surface area contributed by atoms with Gasteiger partial charge in [-0.15, -0.1) is 0 Å². The van der Waals surface area contributed by atoms with E-state index in [4.69, 9.17) is 4.74 Å². The Hall–Kier alpha value is -1.88. The average molecular weight is 288 g/mol. The first kappa shape index (κ1) is 15.5. The van der Waals surface area contributed by atoms with Crippen molar-refractivity contribution in [2.75, 3.05) is 13.7 Å². The highest BCUT2D eigenvalue weighted by molar-refractivity contribution is 5.38. The fraction of sp³-hybridized carbons (Fsp3) is 0.500. The second-order valence-electron chi connectivity index (χ2n) is 5.04. The van der Waals surface area contributed by atoms with E-state index < -0.39 is 0 Å². The van der Waals surface area contributed by atoms with Crippen LogP contribution in [0.25, 0.3) is 0 Å². The molecular formula is C16H24N4O. The first-order valence-corrected chi connectivity index (χ1v) is 7.44. The highest BCUT2D eigenvalue weighted by Crippen LogP contribution is 2.25. The number of rotatable bonds is 7. The van der Waals surface area contributed by atoms with Crippen LogP contribution in [0.5, 0.6) is 5.75 Å². The molecule has 5 nitrogen and oxygen atoms in total. The molecule has 1 atom stereocenters. The number of aromatic nitrogens is 3. The predicted octanol–water partition coefficient (Wildman–Crippen LogP) is 2.51. The molecule has 5 heteroatoms. The fourth-order valence-corrected chi connectivity index (χ4v) is 2.50. The molecule has 0 fully saturated rings. The molecule has 0 aliphatic heterocycles. The summed E-state index contributed by atoms with van der Waals surface area (Å²) in [6.45, 7) is 7.99. The molecule has 2 rings (SSSR count). The van der Waals surface area contributed by atoms with E-state index >= 15 is 0 Å². The van der Waals surface area contributed by atoms with Crippen molar-refractivity contribution in [3.63, 3.8) is 0 Å². The van der Waals surface area contributed by atoms with Gasteiger partial charge in [0, 0.05) is 19.0 Å². The molecule has 0 aliphatic carbocycles. The summed E-state index contributed by atoms with van der Waals surface area (Å²) in [5.41, 5.74) is 2.36. The molecule has 0 spiro atoms. The van der Waals surface area contributed by atoms with Gasteiger partial charge in [-0.2, -0.15) is 5.10 Å². The van der Waals surface area contributed by atoms with Crippen molar-refractivity contribution in [3.8, 4) is 5.75 Å². The summed E-state index contributed by atoms with van der Waals surface area (Å²) in [6, 6.07) is 6.56. The van der Waals surface area contributed by atoms with Gasteiger partial charge in [0.25, 0.3) is 0 Å². The van der Waals surface area contributed by atoms with E-state index in [1.807, 2.05) is 4.68 Å². The number of hydrogen-bond donors (Lipinski definition) is 1. The van der Waals surface area contributed by atoms with Gasteiger partial charge in [-0.05, 0) is 37.6 Å². The molecule has 0 saturated carbocycles. The molecule has 1 N–H and O–H groups in total. The number of ether oxygens (including phenoxy) is 1. The lowest BCUT2D eigenvalue weighted by molar-refractivity contribution is 0.409. The number of nitrogens with one attached hydrogen (secondary N) is 1. The highest BCUT2D eigenvalue weighted by Gasteiger charge is 2.16. The van der Waals surface area contributed by atoms with Crippen LogP contribution in [0.3, 0.4) is 0 Å². The van der Waals surface area contributed by atoms with Crippen LogP contribution in [0.1, 0.15) is 36.8 Å². The Morgan fingerprint density at radius 2 is 2.14 bits per heavy atom. The normalized spacial score (nSPS) is 12.4. The number of aryl methyl sites for hydroxylation is 2. The lowest BCUT2D eigenvalue weighted by Crippen LogP contribution is -2.24. The SMILES string of the molecule is CCNC(Cc1ncnn1CC)c1ccc(C)c(OC)c1. The highest BCUT2D eigenvalue weighted by atomic mass is 16.5. The number of benzene rings is 1. The lowest BCUT2D eigenvalue weighted by Gasteiger charge is -2.19. The van der Waals surface area contributed by atoms with Crippen molar-refractivity contribution >= 4 is 0 Å². The maximum Gasteiger partial charge on any atom is 0.138 e. The Morgan fingerprint density at radius 3 is 2.81 bits per heavy atom. The minimum atomic E-state index is 0.207. The molecule has 114 valence electrons.